The van der Waals surface area contributed by atoms with Gasteiger partial charge in [0.05, 0.1) is 12.1 Å². The summed E-state index contributed by atoms with van der Waals surface area (Å²) in [6.45, 7) is 17.8. The molecule has 0 radical (unpaired) electrons. The van der Waals surface area contributed by atoms with Crippen molar-refractivity contribution < 1.29 is 19.4 Å². The molecule has 0 spiro atoms. The van der Waals surface area contributed by atoms with Crippen LogP contribution in [-0.2, 0) is 9.47 Å². The zero-order chi connectivity index (χ0) is 24.5. The van der Waals surface area contributed by atoms with E-state index in [2.05, 4.69) is 27.7 Å². The van der Waals surface area contributed by atoms with E-state index in [1.807, 2.05) is 34.6 Å². The van der Waals surface area contributed by atoms with E-state index < -0.39 is 23.5 Å². The standard InChI is InChI=1S/C26H47NO4S/c1-10-18(22(32)24(2,3)4)20(28)21-19(16-17-14-12-11-13-15-17)27(26(8,9)30-21)23(29)31-25(5,6)7/h17-21,28H,10-16H2,1-9H3/t18-,19+,20?,21-/m1/s1. The monoisotopic (exact) mass is 469 g/mol. The Hall–Kier alpha value is -0.720. The molecular weight excluding hydrogens is 422 g/mol. The molecule has 2 fully saturated rings. The van der Waals surface area contributed by atoms with Gasteiger partial charge in [-0.15, -0.1) is 0 Å². The largest absolute Gasteiger partial charge is 0.444 e. The molecule has 6 heteroatoms. The van der Waals surface area contributed by atoms with Crippen molar-refractivity contribution in [3.8, 4) is 0 Å². The maximum atomic E-state index is 13.3. The van der Waals surface area contributed by atoms with E-state index in [4.69, 9.17) is 21.7 Å². The lowest BCUT2D eigenvalue weighted by Gasteiger charge is -2.38. The molecule has 0 bridgehead atoms. The van der Waals surface area contributed by atoms with E-state index in [1.165, 1.54) is 32.1 Å². The smallest absolute Gasteiger partial charge is 0.412 e. The molecule has 5 nitrogen and oxygen atoms in total. The zero-order valence-corrected chi connectivity index (χ0v) is 22.7. The van der Waals surface area contributed by atoms with Gasteiger partial charge >= 0.3 is 6.09 Å². The van der Waals surface area contributed by atoms with Crippen LogP contribution in [0.5, 0.6) is 0 Å². The Bertz CT molecular complexity index is 658. The second kappa shape index (κ2) is 10.3. The molecule has 1 amide bonds. The summed E-state index contributed by atoms with van der Waals surface area (Å²) in [6, 6.07) is -0.241. The van der Waals surface area contributed by atoms with E-state index in [9.17, 15) is 9.90 Å². The summed E-state index contributed by atoms with van der Waals surface area (Å²) in [4.78, 5) is 16.0. The number of aliphatic hydroxyl groups excluding tert-OH is 1. The van der Waals surface area contributed by atoms with Crippen molar-refractivity contribution in [3.63, 3.8) is 0 Å². The van der Waals surface area contributed by atoms with Gasteiger partial charge in [0.15, 0.2) is 0 Å². The van der Waals surface area contributed by atoms with Crippen LogP contribution in [0.3, 0.4) is 0 Å². The average Bonchev–Trinajstić information content (AvgIpc) is 2.91. The number of hydrogen-bond donors (Lipinski definition) is 1. The van der Waals surface area contributed by atoms with Crippen LogP contribution in [0.15, 0.2) is 0 Å². The van der Waals surface area contributed by atoms with Crippen LogP contribution < -0.4 is 0 Å². The number of rotatable bonds is 6. The minimum Gasteiger partial charge on any atom is -0.444 e. The Morgan fingerprint density at radius 1 is 1.16 bits per heavy atom. The molecule has 2 rings (SSSR count). The van der Waals surface area contributed by atoms with Gasteiger partial charge in [-0.3, -0.25) is 4.90 Å². The van der Waals surface area contributed by atoms with Crippen LogP contribution in [0.1, 0.15) is 107 Å². The molecule has 1 saturated heterocycles. The minimum atomic E-state index is -0.866. The van der Waals surface area contributed by atoms with Crippen molar-refractivity contribution >= 4 is 23.2 Å². The Morgan fingerprint density at radius 3 is 2.19 bits per heavy atom. The maximum Gasteiger partial charge on any atom is 0.412 e. The van der Waals surface area contributed by atoms with Gasteiger partial charge in [-0.2, -0.15) is 0 Å². The van der Waals surface area contributed by atoms with Gasteiger partial charge in [0.1, 0.15) is 17.4 Å². The average molecular weight is 470 g/mol. The fourth-order valence-electron chi connectivity index (χ4n) is 5.35. The summed E-state index contributed by atoms with van der Waals surface area (Å²) < 4.78 is 12.3. The van der Waals surface area contributed by atoms with Gasteiger partial charge in [0.25, 0.3) is 0 Å². The molecule has 0 aromatic rings. The molecule has 2 aliphatic rings. The number of thiocarbonyl (C=S) groups is 1. The summed E-state index contributed by atoms with van der Waals surface area (Å²) in [6.07, 6.45) is 5.99. The number of carbonyl (C=O) groups is 1. The van der Waals surface area contributed by atoms with E-state index in [-0.39, 0.29) is 23.5 Å². The first-order valence-corrected chi connectivity index (χ1v) is 12.9. The van der Waals surface area contributed by atoms with Crippen LogP contribution in [0.25, 0.3) is 0 Å². The lowest BCUT2D eigenvalue weighted by molar-refractivity contribution is -0.109. The molecule has 186 valence electrons. The minimum absolute atomic E-state index is 0.168. The van der Waals surface area contributed by atoms with Gasteiger partial charge in [-0.1, -0.05) is 72.0 Å². The normalized spacial score (nSPS) is 26.6. The first kappa shape index (κ1) is 27.5. The molecule has 32 heavy (non-hydrogen) atoms. The van der Waals surface area contributed by atoms with Crippen LogP contribution in [-0.4, -0.2) is 50.5 Å². The third-order valence-corrected chi connectivity index (χ3v) is 7.79. The van der Waals surface area contributed by atoms with E-state index in [0.717, 1.165) is 17.7 Å². The van der Waals surface area contributed by atoms with Crippen molar-refractivity contribution in [1.29, 1.82) is 0 Å². The molecule has 1 aliphatic carbocycles. The van der Waals surface area contributed by atoms with Crippen molar-refractivity contribution in [2.24, 2.45) is 17.3 Å². The quantitative estimate of drug-likeness (QED) is 0.450. The fraction of sp³-hybridized carbons (Fsp3) is 0.923. The predicted octanol–water partition coefficient (Wildman–Crippen LogP) is 6.50. The number of carbonyl (C=O) groups excluding carboxylic acids is 1. The van der Waals surface area contributed by atoms with Gasteiger partial charge in [-0.25, -0.2) is 4.79 Å². The van der Waals surface area contributed by atoms with E-state index in [0.29, 0.717) is 5.92 Å². The van der Waals surface area contributed by atoms with E-state index >= 15 is 0 Å². The molecule has 1 heterocycles. The molecule has 0 aromatic carbocycles. The van der Waals surface area contributed by atoms with Gasteiger partial charge in [0, 0.05) is 10.8 Å². The van der Waals surface area contributed by atoms with Crippen molar-refractivity contribution in [2.45, 2.75) is 137 Å². The molecular formula is C26H47NO4S. The number of hydrogen-bond acceptors (Lipinski definition) is 5. The first-order chi connectivity index (χ1) is 14.6. The first-order valence-electron chi connectivity index (χ1n) is 12.5. The third kappa shape index (κ3) is 6.66. The molecule has 1 unspecified atom stereocenters. The maximum absolute atomic E-state index is 13.3. The lowest BCUT2D eigenvalue weighted by Crippen LogP contribution is -2.52. The highest BCUT2D eigenvalue weighted by Crippen LogP contribution is 2.42. The molecule has 0 aromatic heterocycles. The Kier molecular flexibility index (Phi) is 8.83. The molecule has 4 atom stereocenters. The summed E-state index contributed by atoms with van der Waals surface area (Å²) in [5.74, 6) is 0.360. The highest BCUT2D eigenvalue weighted by Gasteiger charge is 2.55. The SMILES string of the molecule is CC[C@@H](C(=S)C(C)(C)C)C(O)[C@@H]1OC(C)(C)N(C(=O)OC(C)(C)C)[C@H]1CC1CCCCC1. The second-order valence-corrected chi connectivity index (χ2v) is 12.7. The second-order valence-electron chi connectivity index (χ2n) is 12.3. The third-order valence-electron chi connectivity index (χ3n) is 6.87. The molecule has 1 N–H and O–H groups in total. The number of ether oxygens (including phenoxy) is 2. The summed E-state index contributed by atoms with van der Waals surface area (Å²) in [7, 11) is 0. The zero-order valence-electron chi connectivity index (χ0n) is 21.9. The van der Waals surface area contributed by atoms with Crippen LogP contribution in [0, 0.1) is 17.3 Å². The van der Waals surface area contributed by atoms with Gasteiger partial charge in [0.2, 0.25) is 0 Å². The van der Waals surface area contributed by atoms with Crippen molar-refractivity contribution in [2.75, 3.05) is 0 Å². The predicted molar refractivity (Wildman–Crippen MR) is 134 cm³/mol. The Balaban J connectivity index is 2.39. The van der Waals surface area contributed by atoms with Crippen molar-refractivity contribution in [3.05, 3.63) is 0 Å². The summed E-state index contributed by atoms with van der Waals surface area (Å²) in [5, 5.41) is 11.6. The van der Waals surface area contributed by atoms with Crippen LogP contribution in [0.4, 0.5) is 4.79 Å². The van der Waals surface area contributed by atoms with Crippen molar-refractivity contribution in [1.82, 2.24) is 4.90 Å². The highest BCUT2D eigenvalue weighted by atomic mass is 32.1. The summed E-state index contributed by atoms with van der Waals surface area (Å²) >= 11 is 5.81. The fourth-order valence-corrected chi connectivity index (χ4v) is 5.66. The number of amides is 1. The molecule has 1 saturated carbocycles. The van der Waals surface area contributed by atoms with Gasteiger partial charge < -0.3 is 14.6 Å². The topological polar surface area (TPSA) is 59.0 Å². The number of aliphatic hydroxyl groups is 1. The van der Waals surface area contributed by atoms with Crippen LogP contribution in [0.2, 0.25) is 0 Å². The van der Waals surface area contributed by atoms with E-state index in [1.54, 1.807) is 4.90 Å². The highest BCUT2D eigenvalue weighted by molar-refractivity contribution is 7.80. The summed E-state index contributed by atoms with van der Waals surface area (Å²) in [5.41, 5.74) is -1.65. The molecule has 1 aliphatic heterocycles. The Morgan fingerprint density at radius 2 is 1.72 bits per heavy atom. The van der Waals surface area contributed by atoms with Gasteiger partial charge in [-0.05, 0) is 58.8 Å². The Labute approximate surface area is 201 Å². The number of nitrogens with zero attached hydrogens (tertiary/aromatic N) is 1. The van der Waals surface area contributed by atoms with Crippen LogP contribution >= 0.6 is 12.2 Å². The lowest BCUT2D eigenvalue weighted by atomic mass is 9.77.